The minimum atomic E-state index is -0.0354. The molecule has 0 bridgehead atoms. The Balaban J connectivity index is 1.81. The van der Waals surface area contributed by atoms with E-state index in [9.17, 15) is 4.79 Å². The number of aryl methyl sites for hydroxylation is 2. The minimum Gasteiger partial charge on any atom is -0.274 e. The summed E-state index contributed by atoms with van der Waals surface area (Å²) in [6.07, 6.45) is 1.80. The van der Waals surface area contributed by atoms with Crippen molar-refractivity contribution in [2.75, 3.05) is 4.90 Å². The minimum absolute atomic E-state index is 0.0354. The molecule has 1 aromatic carbocycles. The van der Waals surface area contributed by atoms with Crippen LogP contribution in [0.25, 0.3) is 0 Å². The fraction of sp³-hybridized carbons (Fsp3) is 0.235. The van der Waals surface area contributed by atoms with Crippen LogP contribution in [0.2, 0.25) is 0 Å². The van der Waals surface area contributed by atoms with Crippen LogP contribution in [-0.2, 0) is 10.5 Å². The summed E-state index contributed by atoms with van der Waals surface area (Å²) in [5.74, 6) is 0.717. The van der Waals surface area contributed by atoms with Gasteiger partial charge in [0.2, 0.25) is 5.91 Å². The van der Waals surface area contributed by atoms with Crippen molar-refractivity contribution in [2.24, 2.45) is 0 Å². The molecule has 0 saturated carbocycles. The van der Waals surface area contributed by atoms with Crippen LogP contribution in [-0.4, -0.2) is 15.9 Å². The first-order valence-electron chi connectivity index (χ1n) is 7.39. The zero-order valence-corrected chi connectivity index (χ0v) is 16.1. The Bertz CT molecular complexity index is 843. The Kier molecular flexibility index (Phi) is 5.33. The molecule has 2 aromatic heterocycles. The number of nitrogens with zero attached hydrogens (tertiary/aromatic N) is 3. The predicted octanol–water partition coefficient (Wildman–Crippen LogP) is 5.19. The molecule has 124 valence electrons. The van der Waals surface area contributed by atoms with Crippen molar-refractivity contribution in [3.8, 4) is 0 Å². The summed E-state index contributed by atoms with van der Waals surface area (Å²) in [5.41, 5.74) is 4.20. The second kappa shape index (κ2) is 7.46. The number of thioether (sulfide) groups is 1. The van der Waals surface area contributed by atoms with Crippen molar-refractivity contribution in [1.82, 2.24) is 9.97 Å². The normalized spacial score (nSPS) is 10.8. The van der Waals surface area contributed by atoms with E-state index in [1.54, 1.807) is 41.1 Å². The number of hydrogen-bond acceptors (Lipinski definition) is 6. The van der Waals surface area contributed by atoms with Gasteiger partial charge < -0.3 is 0 Å². The Morgan fingerprint density at radius 2 is 2.08 bits per heavy atom. The molecule has 1 amide bonds. The topological polar surface area (TPSA) is 46.1 Å². The molecule has 0 radical (unpaired) electrons. The Labute approximate surface area is 153 Å². The van der Waals surface area contributed by atoms with E-state index >= 15 is 0 Å². The van der Waals surface area contributed by atoms with Gasteiger partial charge in [0.25, 0.3) is 0 Å². The number of benzene rings is 1. The van der Waals surface area contributed by atoms with E-state index in [1.807, 2.05) is 29.0 Å². The molecule has 24 heavy (non-hydrogen) atoms. The molecule has 0 aliphatic carbocycles. The number of rotatable bonds is 5. The van der Waals surface area contributed by atoms with Gasteiger partial charge in [-0.2, -0.15) is 0 Å². The first-order chi connectivity index (χ1) is 11.5. The fourth-order valence-electron chi connectivity index (χ4n) is 2.17. The first kappa shape index (κ1) is 17.1. The summed E-state index contributed by atoms with van der Waals surface area (Å²) < 4.78 is 1.03. The molecule has 7 heteroatoms. The third-order valence-electron chi connectivity index (χ3n) is 3.55. The van der Waals surface area contributed by atoms with E-state index < -0.39 is 0 Å². The highest BCUT2D eigenvalue weighted by Gasteiger charge is 2.18. The van der Waals surface area contributed by atoms with Crippen molar-refractivity contribution in [2.45, 2.75) is 30.9 Å². The number of amides is 1. The van der Waals surface area contributed by atoms with Gasteiger partial charge in [0.15, 0.2) is 5.13 Å². The van der Waals surface area contributed by atoms with Crippen LogP contribution >= 0.6 is 34.4 Å². The lowest BCUT2D eigenvalue weighted by Gasteiger charge is -2.19. The molecule has 0 unspecified atom stereocenters. The maximum Gasteiger partial charge on any atom is 0.230 e. The predicted molar refractivity (Wildman–Crippen MR) is 103 cm³/mol. The van der Waals surface area contributed by atoms with Crippen LogP contribution in [0.3, 0.4) is 0 Å². The molecule has 3 rings (SSSR count). The largest absolute Gasteiger partial charge is 0.274 e. The third-order valence-corrected chi connectivity index (χ3v) is 6.42. The van der Waals surface area contributed by atoms with Gasteiger partial charge >= 0.3 is 0 Å². The number of aromatic nitrogens is 2. The second-order valence-corrected chi connectivity index (χ2v) is 8.28. The molecule has 0 aliphatic rings. The van der Waals surface area contributed by atoms with Crippen LogP contribution in [0, 0.1) is 13.8 Å². The van der Waals surface area contributed by atoms with Crippen molar-refractivity contribution < 1.29 is 4.79 Å². The van der Waals surface area contributed by atoms with Crippen LogP contribution in [0.5, 0.6) is 0 Å². The highest BCUT2D eigenvalue weighted by molar-refractivity contribution is 8.00. The Morgan fingerprint density at radius 3 is 2.75 bits per heavy atom. The van der Waals surface area contributed by atoms with Gasteiger partial charge in [0.05, 0.1) is 11.4 Å². The molecule has 4 nitrogen and oxygen atoms in total. The lowest BCUT2D eigenvalue weighted by Crippen LogP contribution is -2.22. The van der Waals surface area contributed by atoms with E-state index in [4.69, 9.17) is 0 Å². The molecular weight excluding hydrogens is 358 g/mol. The van der Waals surface area contributed by atoms with Crippen LogP contribution in [0.15, 0.2) is 39.5 Å². The zero-order valence-electron chi connectivity index (χ0n) is 13.6. The highest BCUT2D eigenvalue weighted by atomic mass is 32.2. The number of carbonyl (C=O) groups is 1. The second-order valence-electron chi connectivity index (χ2n) is 5.33. The van der Waals surface area contributed by atoms with Crippen LogP contribution in [0.4, 0.5) is 10.8 Å². The maximum absolute atomic E-state index is 12.2. The molecule has 3 aromatic rings. The van der Waals surface area contributed by atoms with Crippen LogP contribution < -0.4 is 4.90 Å². The Hall–Kier alpha value is -1.70. The average molecular weight is 376 g/mol. The van der Waals surface area contributed by atoms with Crippen molar-refractivity contribution in [3.05, 3.63) is 52.0 Å². The highest BCUT2D eigenvalue weighted by Crippen LogP contribution is 2.32. The van der Waals surface area contributed by atoms with E-state index in [1.165, 1.54) is 16.9 Å². The lowest BCUT2D eigenvalue weighted by molar-refractivity contribution is -0.115. The first-order valence-corrected chi connectivity index (χ1v) is 10.1. The molecule has 0 fully saturated rings. The average Bonchev–Trinajstić information content (AvgIpc) is 3.20. The number of carbonyl (C=O) groups excluding carboxylic acids is 1. The molecule has 0 N–H and O–H groups in total. The zero-order chi connectivity index (χ0) is 17.1. The van der Waals surface area contributed by atoms with E-state index in [0.717, 1.165) is 27.0 Å². The van der Waals surface area contributed by atoms with E-state index in [2.05, 4.69) is 23.8 Å². The van der Waals surface area contributed by atoms with Crippen LogP contribution in [0.1, 0.15) is 23.7 Å². The van der Waals surface area contributed by atoms with Crippen molar-refractivity contribution >= 4 is 51.2 Å². The quantitative estimate of drug-likeness (QED) is 0.576. The van der Waals surface area contributed by atoms with Crippen molar-refractivity contribution in [1.29, 1.82) is 0 Å². The van der Waals surface area contributed by atoms with Gasteiger partial charge in [0, 0.05) is 29.6 Å². The van der Waals surface area contributed by atoms with Gasteiger partial charge in [-0.3, -0.25) is 9.69 Å². The van der Waals surface area contributed by atoms with Gasteiger partial charge in [-0.1, -0.05) is 17.8 Å². The third kappa shape index (κ3) is 3.85. The van der Waals surface area contributed by atoms with Gasteiger partial charge in [-0.15, -0.1) is 22.7 Å². The van der Waals surface area contributed by atoms with E-state index in [-0.39, 0.29) is 5.91 Å². The molecule has 0 saturated heterocycles. The molecule has 2 heterocycles. The fourth-order valence-corrected chi connectivity index (χ4v) is 4.70. The smallest absolute Gasteiger partial charge is 0.230 e. The SMILES string of the molecule is CC(=O)N(c1ccc(C)c(C)c1)c1nc(CSc2nccs2)cs1. The summed E-state index contributed by atoms with van der Waals surface area (Å²) in [7, 11) is 0. The van der Waals surface area contributed by atoms with Gasteiger partial charge in [-0.05, 0) is 37.1 Å². The molecular formula is C17H17N3OS3. The molecule has 0 aliphatic heterocycles. The number of anilines is 2. The maximum atomic E-state index is 12.2. The summed E-state index contributed by atoms with van der Waals surface area (Å²) in [6.45, 7) is 5.68. The molecule has 0 spiro atoms. The van der Waals surface area contributed by atoms with Crippen molar-refractivity contribution in [3.63, 3.8) is 0 Å². The van der Waals surface area contributed by atoms with E-state index in [0.29, 0.717) is 5.13 Å². The standard InChI is InChI=1S/C17H17N3OS3/c1-11-4-5-15(8-12(11)2)20(13(3)21)16-19-14(9-23-16)10-24-17-18-6-7-22-17/h4-9H,10H2,1-3H3. The Morgan fingerprint density at radius 1 is 1.25 bits per heavy atom. The van der Waals surface area contributed by atoms with Gasteiger partial charge in [0.1, 0.15) is 4.34 Å². The number of thiazole rings is 2. The summed E-state index contributed by atoms with van der Waals surface area (Å²) in [6, 6.07) is 6.03. The monoisotopic (exact) mass is 375 g/mol. The lowest BCUT2D eigenvalue weighted by atomic mass is 10.1. The molecule has 0 atom stereocenters. The number of hydrogen-bond donors (Lipinski definition) is 0. The summed E-state index contributed by atoms with van der Waals surface area (Å²) in [5, 5.41) is 4.68. The summed E-state index contributed by atoms with van der Waals surface area (Å²) >= 11 is 4.78. The van der Waals surface area contributed by atoms with Gasteiger partial charge in [-0.25, -0.2) is 9.97 Å². The summed E-state index contributed by atoms with van der Waals surface area (Å²) in [4.78, 5) is 22.7.